The van der Waals surface area contributed by atoms with Crippen LogP contribution in [0.5, 0.6) is 0 Å². The van der Waals surface area contributed by atoms with Gasteiger partial charge >= 0.3 is 0 Å². The number of hydrogen-bond donors (Lipinski definition) is 1. The van der Waals surface area contributed by atoms with E-state index in [-0.39, 0.29) is 17.4 Å². The zero-order chi connectivity index (χ0) is 23.2. The van der Waals surface area contributed by atoms with E-state index < -0.39 is 6.04 Å². The summed E-state index contributed by atoms with van der Waals surface area (Å²) in [6.07, 6.45) is 0. The fraction of sp³-hybridized carbons (Fsp3) is 0.440. The molecular formula is C25H33ClN2O2S. The first kappa shape index (κ1) is 25.3. The largest absolute Gasteiger partial charge is 0.350 e. The van der Waals surface area contributed by atoms with Crippen molar-refractivity contribution in [2.45, 2.75) is 65.4 Å². The lowest BCUT2D eigenvalue weighted by Gasteiger charge is -2.31. The standard InChI is InChI=1S/C25H33ClN2O2S/c1-17-10-18(2)12-21(11-17)15-31-16-23(29)28(14-20-8-7-9-22(26)13-20)19(3)24(30)27-25(4,5)6/h7-13,19H,14-16H2,1-6H3,(H,27,30)/t19-/m0/s1. The van der Waals surface area contributed by atoms with Crippen molar-refractivity contribution in [3.05, 3.63) is 69.7 Å². The number of aryl methyl sites for hydroxylation is 2. The van der Waals surface area contributed by atoms with Crippen molar-refractivity contribution in [1.82, 2.24) is 10.2 Å². The molecular weight excluding hydrogens is 428 g/mol. The molecule has 0 aliphatic carbocycles. The number of carbonyl (C=O) groups excluding carboxylic acids is 2. The Morgan fingerprint density at radius 1 is 1.06 bits per heavy atom. The van der Waals surface area contributed by atoms with E-state index in [4.69, 9.17) is 11.6 Å². The molecule has 0 radical (unpaired) electrons. The first-order valence-electron chi connectivity index (χ1n) is 10.5. The van der Waals surface area contributed by atoms with Gasteiger partial charge in [-0.3, -0.25) is 9.59 Å². The van der Waals surface area contributed by atoms with E-state index in [9.17, 15) is 9.59 Å². The number of nitrogens with zero attached hydrogens (tertiary/aromatic N) is 1. The molecule has 0 saturated carbocycles. The van der Waals surface area contributed by atoms with Crippen LogP contribution >= 0.6 is 23.4 Å². The van der Waals surface area contributed by atoms with Gasteiger partial charge in [-0.05, 0) is 64.8 Å². The van der Waals surface area contributed by atoms with E-state index in [1.54, 1.807) is 29.7 Å². The molecule has 2 rings (SSSR count). The molecule has 1 N–H and O–H groups in total. The quantitative estimate of drug-likeness (QED) is 0.564. The third-order valence-corrected chi connectivity index (χ3v) is 5.91. The molecule has 0 bridgehead atoms. The highest BCUT2D eigenvalue weighted by Crippen LogP contribution is 2.19. The van der Waals surface area contributed by atoms with Crippen LogP contribution < -0.4 is 5.32 Å². The molecule has 0 aliphatic rings. The second-order valence-electron chi connectivity index (χ2n) is 9.06. The molecule has 2 aromatic rings. The van der Waals surface area contributed by atoms with E-state index in [2.05, 4.69) is 37.4 Å². The van der Waals surface area contributed by atoms with Gasteiger partial charge in [-0.1, -0.05) is 53.1 Å². The minimum Gasteiger partial charge on any atom is -0.350 e. The van der Waals surface area contributed by atoms with Crippen molar-refractivity contribution in [3.8, 4) is 0 Å². The Balaban J connectivity index is 2.11. The number of nitrogens with one attached hydrogen (secondary N) is 1. The van der Waals surface area contributed by atoms with Gasteiger partial charge in [-0.15, -0.1) is 11.8 Å². The molecule has 0 aliphatic heterocycles. The summed E-state index contributed by atoms with van der Waals surface area (Å²) >= 11 is 7.69. The van der Waals surface area contributed by atoms with Gasteiger partial charge in [0.25, 0.3) is 0 Å². The number of hydrogen-bond acceptors (Lipinski definition) is 3. The molecule has 2 amide bonds. The minimum absolute atomic E-state index is 0.0640. The number of benzene rings is 2. The van der Waals surface area contributed by atoms with Gasteiger partial charge < -0.3 is 10.2 Å². The molecule has 0 fully saturated rings. The summed E-state index contributed by atoms with van der Waals surface area (Å²) in [5.74, 6) is 0.829. The van der Waals surface area contributed by atoms with Gasteiger partial charge in [0.1, 0.15) is 6.04 Å². The number of amides is 2. The Labute approximate surface area is 195 Å². The predicted octanol–water partition coefficient (Wildman–Crippen LogP) is 5.52. The average molecular weight is 461 g/mol. The van der Waals surface area contributed by atoms with Gasteiger partial charge in [0, 0.05) is 22.9 Å². The maximum Gasteiger partial charge on any atom is 0.242 e. The van der Waals surface area contributed by atoms with Crippen LogP contribution in [0.25, 0.3) is 0 Å². The van der Waals surface area contributed by atoms with Crippen LogP contribution in [0.2, 0.25) is 5.02 Å². The number of carbonyl (C=O) groups is 2. The Morgan fingerprint density at radius 2 is 1.71 bits per heavy atom. The third-order valence-electron chi connectivity index (χ3n) is 4.68. The monoisotopic (exact) mass is 460 g/mol. The summed E-state index contributed by atoms with van der Waals surface area (Å²) in [5.41, 5.74) is 4.17. The van der Waals surface area contributed by atoms with E-state index in [0.29, 0.717) is 17.3 Å². The molecule has 0 spiro atoms. The molecule has 0 unspecified atom stereocenters. The highest BCUT2D eigenvalue weighted by Gasteiger charge is 2.28. The maximum absolute atomic E-state index is 13.2. The summed E-state index contributed by atoms with van der Waals surface area (Å²) < 4.78 is 0. The molecule has 0 saturated heterocycles. The Bertz CT molecular complexity index is 904. The highest BCUT2D eigenvalue weighted by molar-refractivity contribution is 7.99. The maximum atomic E-state index is 13.2. The van der Waals surface area contributed by atoms with Crippen LogP contribution in [-0.2, 0) is 21.9 Å². The van der Waals surface area contributed by atoms with E-state index in [1.165, 1.54) is 16.7 Å². The molecule has 2 aromatic carbocycles. The van der Waals surface area contributed by atoms with Crippen LogP contribution in [0.15, 0.2) is 42.5 Å². The smallest absolute Gasteiger partial charge is 0.242 e. The van der Waals surface area contributed by atoms with Gasteiger partial charge in [-0.2, -0.15) is 0 Å². The summed E-state index contributed by atoms with van der Waals surface area (Å²) in [6, 6.07) is 13.2. The van der Waals surface area contributed by atoms with Crippen molar-refractivity contribution in [1.29, 1.82) is 0 Å². The van der Waals surface area contributed by atoms with Crippen molar-refractivity contribution >= 4 is 35.2 Å². The molecule has 4 nitrogen and oxygen atoms in total. The van der Waals surface area contributed by atoms with Crippen LogP contribution in [-0.4, -0.2) is 34.0 Å². The lowest BCUT2D eigenvalue weighted by atomic mass is 10.1. The lowest BCUT2D eigenvalue weighted by molar-refractivity contribution is -0.139. The van der Waals surface area contributed by atoms with Crippen LogP contribution in [0.4, 0.5) is 0 Å². The zero-order valence-electron chi connectivity index (χ0n) is 19.3. The van der Waals surface area contributed by atoms with Crippen molar-refractivity contribution in [2.75, 3.05) is 5.75 Å². The molecule has 31 heavy (non-hydrogen) atoms. The number of halogens is 1. The summed E-state index contributed by atoms with van der Waals surface area (Å²) in [4.78, 5) is 27.6. The third kappa shape index (κ3) is 8.58. The Kier molecular flexibility index (Phi) is 9.01. The molecule has 168 valence electrons. The van der Waals surface area contributed by atoms with Crippen molar-refractivity contribution in [3.63, 3.8) is 0 Å². The molecule has 1 atom stereocenters. The lowest BCUT2D eigenvalue weighted by Crippen LogP contribution is -2.52. The van der Waals surface area contributed by atoms with Crippen molar-refractivity contribution < 1.29 is 9.59 Å². The summed E-state index contributed by atoms with van der Waals surface area (Å²) in [6.45, 7) is 12.1. The van der Waals surface area contributed by atoms with Crippen molar-refractivity contribution in [2.24, 2.45) is 0 Å². The minimum atomic E-state index is -0.590. The van der Waals surface area contributed by atoms with Crippen LogP contribution in [0, 0.1) is 13.8 Å². The van der Waals surface area contributed by atoms with Gasteiger partial charge in [0.15, 0.2) is 0 Å². The molecule has 6 heteroatoms. The molecule has 0 aromatic heterocycles. The topological polar surface area (TPSA) is 49.4 Å². The summed E-state index contributed by atoms with van der Waals surface area (Å²) in [7, 11) is 0. The second-order valence-corrected chi connectivity index (χ2v) is 10.5. The van der Waals surface area contributed by atoms with Crippen LogP contribution in [0.1, 0.15) is 49.9 Å². The fourth-order valence-electron chi connectivity index (χ4n) is 3.38. The zero-order valence-corrected chi connectivity index (χ0v) is 20.9. The van der Waals surface area contributed by atoms with E-state index >= 15 is 0 Å². The van der Waals surface area contributed by atoms with Crippen LogP contribution in [0.3, 0.4) is 0 Å². The normalized spacial score (nSPS) is 12.4. The molecule has 0 heterocycles. The first-order chi connectivity index (χ1) is 14.4. The SMILES string of the molecule is Cc1cc(C)cc(CSCC(=O)N(Cc2cccc(Cl)c2)[C@@H](C)C(=O)NC(C)(C)C)c1. The average Bonchev–Trinajstić information content (AvgIpc) is 2.63. The van der Waals surface area contributed by atoms with E-state index in [0.717, 1.165) is 11.3 Å². The summed E-state index contributed by atoms with van der Waals surface area (Å²) in [5, 5.41) is 3.59. The number of rotatable bonds is 8. The van der Waals surface area contributed by atoms with E-state index in [1.807, 2.05) is 39.0 Å². The van der Waals surface area contributed by atoms with Gasteiger partial charge in [0.05, 0.1) is 5.75 Å². The van der Waals surface area contributed by atoms with Gasteiger partial charge in [0.2, 0.25) is 11.8 Å². The predicted molar refractivity (Wildman–Crippen MR) is 131 cm³/mol. The number of thioether (sulfide) groups is 1. The Hall–Kier alpha value is -1.98. The fourth-order valence-corrected chi connectivity index (χ4v) is 4.44. The first-order valence-corrected chi connectivity index (χ1v) is 12.0. The Morgan fingerprint density at radius 3 is 2.29 bits per heavy atom. The second kappa shape index (κ2) is 11.1. The van der Waals surface area contributed by atoms with Gasteiger partial charge in [-0.25, -0.2) is 0 Å². The highest BCUT2D eigenvalue weighted by atomic mass is 35.5.